The van der Waals surface area contributed by atoms with Gasteiger partial charge in [0.05, 0.1) is 5.60 Å². The van der Waals surface area contributed by atoms with Gasteiger partial charge >= 0.3 is 0 Å². The highest BCUT2D eigenvalue weighted by Crippen LogP contribution is 2.39. The highest BCUT2D eigenvalue weighted by Gasteiger charge is 2.34. The van der Waals surface area contributed by atoms with E-state index in [1.807, 2.05) is 6.92 Å². The normalized spacial score (nSPS) is 20.3. The lowest BCUT2D eigenvalue weighted by molar-refractivity contribution is -0.0215. The van der Waals surface area contributed by atoms with Crippen LogP contribution in [0.4, 0.5) is 0 Å². The second kappa shape index (κ2) is 6.71. The van der Waals surface area contributed by atoms with E-state index in [9.17, 15) is 5.11 Å². The maximum absolute atomic E-state index is 10.9. The molecule has 1 aromatic rings. The van der Waals surface area contributed by atoms with E-state index in [2.05, 4.69) is 24.3 Å². The predicted molar refractivity (Wildman–Crippen MR) is 85.7 cm³/mol. The van der Waals surface area contributed by atoms with Gasteiger partial charge in [0.15, 0.2) is 0 Å². The van der Waals surface area contributed by atoms with Gasteiger partial charge in [0, 0.05) is 10.2 Å². The Morgan fingerprint density at radius 3 is 2.37 bits per heavy atom. The van der Waals surface area contributed by atoms with Crippen LogP contribution in [0.5, 0.6) is 0 Å². The van der Waals surface area contributed by atoms with E-state index in [4.69, 9.17) is 0 Å². The first kappa shape index (κ1) is 14.8. The van der Waals surface area contributed by atoms with Crippen LogP contribution in [0.3, 0.4) is 0 Å². The molecule has 1 N–H and O–H groups in total. The van der Waals surface area contributed by atoms with Gasteiger partial charge in [-0.2, -0.15) is 0 Å². The number of hydrogen-bond donors (Lipinski definition) is 1. The van der Waals surface area contributed by atoms with Crippen molar-refractivity contribution in [3.8, 4) is 0 Å². The number of benzene rings is 1. The fourth-order valence-electron chi connectivity index (χ4n) is 3.29. The number of aryl methyl sites for hydroxylation is 1. The molecule has 1 fully saturated rings. The van der Waals surface area contributed by atoms with E-state index in [1.165, 1.54) is 66.8 Å². The summed E-state index contributed by atoms with van der Waals surface area (Å²) in [6.07, 6.45) is 8.74. The van der Waals surface area contributed by atoms with E-state index >= 15 is 0 Å². The van der Waals surface area contributed by atoms with Crippen molar-refractivity contribution >= 4 is 10.2 Å². The van der Waals surface area contributed by atoms with Crippen molar-refractivity contribution in [2.45, 2.75) is 63.5 Å². The fraction of sp³-hybridized carbons (Fsp3) is 0.647. The average molecular weight is 276 g/mol. The molecule has 0 radical (unpaired) electrons. The highest BCUT2D eigenvalue weighted by atomic mass is 28.1. The molecule has 1 unspecified atom stereocenters. The molecule has 1 nitrogen and oxygen atoms in total. The highest BCUT2D eigenvalue weighted by molar-refractivity contribution is 6.08. The fourth-order valence-corrected chi connectivity index (χ4v) is 3.64. The van der Waals surface area contributed by atoms with Crippen molar-refractivity contribution in [1.82, 2.24) is 0 Å². The van der Waals surface area contributed by atoms with Gasteiger partial charge in [-0.3, -0.25) is 0 Å². The van der Waals surface area contributed by atoms with Gasteiger partial charge in [0.1, 0.15) is 0 Å². The molecule has 106 valence electrons. The van der Waals surface area contributed by atoms with Gasteiger partial charge in [-0.05, 0) is 43.2 Å². The van der Waals surface area contributed by atoms with Gasteiger partial charge in [0.25, 0.3) is 0 Å². The van der Waals surface area contributed by atoms with Crippen LogP contribution in [-0.2, 0) is 12.0 Å². The molecule has 0 aromatic heterocycles. The summed E-state index contributed by atoms with van der Waals surface area (Å²) in [5.41, 5.74) is 1.88. The number of hydrogen-bond acceptors (Lipinski definition) is 1. The summed E-state index contributed by atoms with van der Waals surface area (Å²) in [4.78, 5) is 0. The van der Waals surface area contributed by atoms with Crippen LogP contribution in [0.1, 0.15) is 56.6 Å². The number of aliphatic hydroxyl groups is 1. The van der Waals surface area contributed by atoms with Crippen molar-refractivity contribution in [2.75, 3.05) is 0 Å². The topological polar surface area (TPSA) is 20.2 Å². The lowest BCUT2D eigenvalue weighted by atomic mass is 9.74. The molecule has 1 aromatic carbocycles. The molecule has 1 aliphatic rings. The first-order chi connectivity index (χ1) is 9.14. The predicted octanol–water partition coefficient (Wildman–Crippen LogP) is 3.19. The Morgan fingerprint density at radius 2 is 1.79 bits per heavy atom. The van der Waals surface area contributed by atoms with E-state index in [1.54, 1.807) is 0 Å². The molecule has 0 bridgehead atoms. The summed E-state index contributed by atoms with van der Waals surface area (Å²) in [5.74, 6) is 0.439. The first-order valence-corrected chi connectivity index (χ1v) is 9.38. The molecule has 1 aliphatic carbocycles. The summed E-state index contributed by atoms with van der Waals surface area (Å²) in [6, 6.07) is 10.1. The largest absolute Gasteiger partial charge is 0.385 e. The van der Waals surface area contributed by atoms with Crippen LogP contribution >= 0.6 is 0 Å². The van der Waals surface area contributed by atoms with Crippen LogP contribution in [0.2, 0.25) is 6.04 Å². The Hall–Kier alpha value is -0.603. The van der Waals surface area contributed by atoms with E-state index in [-0.39, 0.29) is 0 Å². The van der Waals surface area contributed by atoms with E-state index < -0.39 is 5.60 Å². The number of rotatable bonds is 5. The zero-order valence-corrected chi connectivity index (χ0v) is 14.5. The van der Waals surface area contributed by atoms with E-state index in [0.29, 0.717) is 5.92 Å². The molecular formula is C17H28OSi. The van der Waals surface area contributed by atoms with Crippen molar-refractivity contribution in [1.29, 1.82) is 0 Å². The Labute approximate surface area is 120 Å². The van der Waals surface area contributed by atoms with Crippen molar-refractivity contribution in [3.05, 3.63) is 35.4 Å². The Balaban J connectivity index is 2.06. The second-order valence-electron chi connectivity index (χ2n) is 6.28. The summed E-state index contributed by atoms with van der Waals surface area (Å²) < 4.78 is 0. The van der Waals surface area contributed by atoms with Crippen LogP contribution in [-0.4, -0.2) is 15.3 Å². The lowest BCUT2D eigenvalue weighted by Crippen LogP contribution is -2.33. The second-order valence-corrected chi connectivity index (χ2v) is 7.28. The molecule has 1 saturated carbocycles. The standard InChI is InChI=1S/C17H28OSi/c1-17(18,15-7-3-2-4-8-15)16-11-9-14(10-12-16)6-5-13-19/h9-12,15,18H,2-8,13H2,1,19H3. The van der Waals surface area contributed by atoms with Crippen molar-refractivity contribution < 1.29 is 5.11 Å². The molecule has 0 spiro atoms. The van der Waals surface area contributed by atoms with Crippen molar-refractivity contribution in [2.24, 2.45) is 5.92 Å². The van der Waals surface area contributed by atoms with Crippen LogP contribution < -0.4 is 0 Å². The van der Waals surface area contributed by atoms with Gasteiger partial charge in [-0.1, -0.05) is 56.0 Å². The minimum absolute atomic E-state index is 0.439. The maximum Gasteiger partial charge on any atom is 0.0896 e. The minimum atomic E-state index is -0.642. The molecule has 2 heteroatoms. The smallest absolute Gasteiger partial charge is 0.0896 e. The quantitative estimate of drug-likeness (QED) is 0.819. The molecule has 2 rings (SSSR count). The molecule has 0 aliphatic heterocycles. The monoisotopic (exact) mass is 276 g/mol. The SMILES string of the molecule is CC(O)(c1ccc(CCC[SiH3])cc1)C1CCCCC1. The molecule has 0 heterocycles. The molecule has 1 atom stereocenters. The zero-order chi connectivity index (χ0) is 13.7. The van der Waals surface area contributed by atoms with Crippen molar-refractivity contribution in [3.63, 3.8) is 0 Å². The van der Waals surface area contributed by atoms with Gasteiger partial charge in [-0.15, -0.1) is 0 Å². The molecular weight excluding hydrogens is 248 g/mol. The van der Waals surface area contributed by atoms with Crippen LogP contribution in [0.25, 0.3) is 0 Å². The lowest BCUT2D eigenvalue weighted by Gasteiger charge is -2.36. The third kappa shape index (κ3) is 3.70. The Morgan fingerprint density at radius 1 is 1.16 bits per heavy atom. The summed E-state index contributed by atoms with van der Waals surface area (Å²) in [5, 5.41) is 10.9. The molecule has 0 amide bonds. The molecule has 0 saturated heterocycles. The maximum atomic E-state index is 10.9. The van der Waals surface area contributed by atoms with Gasteiger partial charge in [0.2, 0.25) is 0 Å². The summed E-state index contributed by atoms with van der Waals surface area (Å²) >= 11 is 0. The molecule has 19 heavy (non-hydrogen) atoms. The zero-order valence-electron chi connectivity index (χ0n) is 12.5. The minimum Gasteiger partial charge on any atom is -0.385 e. The van der Waals surface area contributed by atoms with Crippen LogP contribution in [0.15, 0.2) is 24.3 Å². The van der Waals surface area contributed by atoms with Gasteiger partial charge in [-0.25, -0.2) is 0 Å². The Kier molecular flexibility index (Phi) is 5.23. The summed E-state index contributed by atoms with van der Waals surface area (Å²) in [7, 11) is 1.31. The Bertz CT molecular complexity index is 377. The van der Waals surface area contributed by atoms with Gasteiger partial charge < -0.3 is 5.11 Å². The third-order valence-corrected chi connectivity index (χ3v) is 5.46. The van der Waals surface area contributed by atoms with E-state index in [0.717, 1.165) is 5.56 Å². The summed E-state index contributed by atoms with van der Waals surface area (Å²) in [6.45, 7) is 2.01. The van der Waals surface area contributed by atoms with Crippen LogP contribution in [0, 0.1) is 5.92 Å². The third-order valence-electron chi connectivity index (χ3n) is 4.76. The average Bonchev–Trinajstić information content (AvgIpc) is 2.46. The first-order valence-electron chi connectivity index (χ1n) is 7.96.